The SMILES string of the molecule is COC(=O)N1c2ccc3c(nc(C[C@@H](C(=O)O)c4ccccc4)n3[C@H]3CCC[C@@H](CO)C3)c2CC[C@@H]1C. The number of aryl methyl sites for hydroxylation is 1. The average Bonchev–Trinajstić information content (AvgIpc) is 3.30. The van der Waals surface area contributed by atoms with Crippen molar-refractivity contribution in [1.82, 2.24) is 9.55 Å². The number of aliphatic carboxylic acids is 1. The monoisotopic (exact) mass is 505 g/mol. The molecule has 2 aromatic carbocycles. The summed E-state index contributed by atoms with van der Waals surface area (Å²) in [5.74, 6) is -0.640. The maximum Gasteiger partial charge on any atom is 0.414 e. The minimum Gasteiger partial charge on any atom is -0.481 e. The van der Waals surface area contributed by atoms with Gasteiger partial charge in [0.25, 0.3) is 0 Å². The van der Waals surface area contributed by atoms with Gasteiger partial charge < -0.3 is 19.5 Å². The summed E-state index contributed by atoms with van der Waals surface area (Å²) < 4.78 is 7.31. The van der Waals surface area contributed by atoms with Crippen LogP contribution in [0.3, 0.4) is 0 Å². The Morgan fingerprint density at radius 2 is 1.92 bits per heavy atom. The van der Waals surface area contributed by atoms with E-state index < -0.39 is 11.9 Å². The van der Waals surface area contributed by atoms with Crippen LogP contribution in [-0.2, 0) is 22.4 Å². The number of hydrogen-bond donors (Lipinski definition) is 2. The fraction of sp³-hybridized carbons (Fsp3) is 0.483. The number of ether oxygens (including phenoxy) is 1. The number of rotatable bonds is 6. The second-order valence-electron chi connectivity index (χ2n) is 10.4. The summed E-state index contributed by atoms with van der Waals surface area (Å²) in [6.07, 6.45) is 5.25. The van der Waals surface area contributed by atoms with Crippen LogP contribution in [0.1, 0.15) is 67.9 Å². The Hall–Kier alpha value is -3.39. The Bertz CT molecular complexity index is 1290. The summed E-state index contributed by atoms with van der Waals surface area (Å²) in [5.41, 5.74) is 4.36. The van der Waals surface area contributed by atoms with Crippen molar-refractivity contribution in [2.75, 3.05) is 18.6 Å². The number of carbonyl (C=O) groups excluding carboxylic acids is 1. The van der Waals surface area contributed by atoms with E-state index >= 15 is 0 Å². The molecule has 1 aliphatic carbocycles. The number of amides is 1. The molecule has 2 heterocycles. The van der Waals surface area contributed by atoms with E-state index in [4.69, 9.17) is 9.72 Å². The molecule has 0 radical (unpaired) electrons. The van der Waals surface area contributed by atoms with Crippen LogP contribution in [0.15, 0.2) is 42.5 Å². The molecule has 4 atom stereocenters. The number of carbonyl (C=O) groups is 2. The van der Waals surface area contributed by atoms with E-state index in [0.717, 1.165) is 72.2 Å². The molecular weight excluding hydrogens is 470 g/mol. The minimum atomic E-state index is -0.880. The van der Waals surface area contributed by atoms with Crippen molar-refractivity contribution >= 4 is 28.8 Å². The molecule has 1 amide bonds. The van der Waals surface area contributed by atoms with Crippen LogP contribution >= 0.6 is 0 Å². The number of carboxylic acid groups (broad SMARTS) is 1. The molecule has 0 bridgehead atoms. The smallest absolute Gasteiger partial charge is 0.414 e. The van der Waals surface area contributed by atoms with E-state index in [1.807, 2.05) is 49.4 Å². The summed E-state index contributed by atoms with van der Waals surface area (Å²) in [6.45, 7) is 2.17. The predicted molar refractivity (Wildman–Crippen MR) is 141 cm³/mol. The largest absolute Gasteiger partial charge is 0.481 e. The number of aromatic nitrogens is 2. The molecule has 1 saturated carbocycles. The molecule has 0 unspecified atom stereocenters. The molecule has 196 valence electrons. The highest BCUT2D eigenvalue weighted by Crippen LogP contribution is 2.41. The summed E-state index contributed by atoms with van der Waals surface area (Å²) in [6, 6.07) is 13.4. The molecule has 3 aromatic rings. The first kappa shape index (κ1) is 25.3. The third kappa shape index (κ3) is 4.70. The Morgan fingerprint density at radius 1 is 1.14 bits per heavy atom. The van der Waals surface area contributed by atoms with Crippen molar-refractivity contribution in [2.24, 2.45) is 5.92 Å². The topological polar surface area (TPSA) is 105 Å². The second kappa shape index (κ2) is 10.5. The third-order valence-corrected chi connectivity index (χ3v) is 8.16. The molecule has 1 aromatic heterocycles. The Labute approximate surface area is 216 Å². The summed E-state index contributed by atoms with van der Waals surface area (Å²) in [7, 11) is 1.39. The normalized spacial score (nSPS) is 22.5. The average molecular weight is 506 g/mol. The van der Waals surface area contributed by atoms with Gasteiger partial charge in [0.15, 0.2) is 0 Å². The highest BCUT2D eigenvalue weighted by atomic mass is 16.5. The number of imidazole rings is 1. The maximum atomic E-state index is 12.6. The van der Waals surface area contributed by atoms with Crippen molar-refractivity contribution in [1.29, 1.82) is 0 Å². The highest BCUT2D eigenvalue weighted by molar-refractivity contribution is 5.95. The zero-order valence-electron chi connectivity index (χ0n) is 21.5. The van der Waals surface area contributed by atoms with E-state index in [-0.39, 0.29) is 37.1 Å². The lowest BCUT2D eigenvalue weighted by atomic mass is 9.85. The Balaban J connectivity index is 1.66. The van der Waals surface area contributed by atoms with Crippen LogP contribution in [0.4, 0.5) is 10.5 Å². The summed E-state index contributed by atoms with van der Waals surface area (Å²) in [5, 5.41) is 20.1. The molecule has 8 nitrogen and oxygen atoms in total. The van der Waals surface area contributed by atoms with Gasteiger partial charge in [-0.3, -0.25) is 9.69 Å². The first-order valence-electron chi connectivity index (χ1n) is 13.2. The van der Waals surface area contributed by atoms with Gasteiger partial charge in [-0.15, -0.1) is 0 Å². The number of fused-ring (bicyclic) bond motifs is 3. The molecule has 0 spiro atoms. The van der Waals surface area contributed by atoms with Gasteiger partial charge in [-0.25, -0.2) is 9.78 Å². The van der Waals surface area contributed by atoms with Gasteiger partial charge in [0.05, 0.1) is 29.7 Å². The molecule has 1 aliphatic heterocycles. The van der Waals surface area contributed by atoms with Gasteiger partial charge in [-0.05, 0) is 62.6 Å². The zero-order chi connectivity index (χ0) is 26.1. The number of benzene rings is 2. The number of anilines is 1. The number of aliphatic hydroxyl groups is 1. The molecule has 5 rings (SSSR count). The van der Waals surface area contributed by atoms with Crippen molar-refractivity contribution in [3.05, 3.63) is 59.4 Å². The molecule has 0 saturated heterocycles. The van der Waals surface area contributed by atoms with Gasteiger partial charge in [0.2, 0.25) is 0 Å². The predicted octanol–water partition coefficient (Wildman–Crippen LogP) is 5.08. The first-order valence-corrected chi connectivity index (χ1v) is 13.2. The molecule has 37 heavy (non-hydrogen) atoms. The van der Waals surface area contributed by atoms with E-state index in [9.17, 15) is 19.8 Å². The Kier molecular flexibility index (Phi) is 7.20. The fourth-order valence-corrected chi connectivity index (χ4v) is 6.25. The van der Waals surface area contributed by atoms with Gasteiger partial charge in [0.1, 0.15) is 5.82 Å². The molecular formula is C29H35N3O5. The van der Waals surface area contributed by atoms with Crippen molar-refractivity contribution in [3.8, 4) is 0 Å². The lowest BCUT2D eigenvalue weighted by Gasteiger charge is -2.34. The van der Waals surface area contributed by atoms with Gasteiger partial charge in [-0.2, -0.15) is 0 Å². The van der Waals surface area contributed by atoms with Crippen LogP contribution in [0, 0.1) is 5.92 Å². The highest BCUT2D eigenvalue weighted by Gasteiger charge is 2.34. The lowest BCUT2D eigenvalue weighted by molar-refractivity contribution is -0.138. The minimum absolute atomic E-state index is 0.0112. The quantitative estimate of drug-likeness (QED) is 0.484. The Morgan fingerprint density at radius 3 is 2.62 bits per heavy atom. The van der Waals surface area contributed by atoms with Crippen molar-refractivity contribution in [2.45, 2.75) is 69.9 Å². The number of nitrogens with zero attached hydrogens (tertiary/aromatic N) is 3. The van der Waals surface area contributed by atoms with Crippen LogP contribution < -0.4 is 4.90 Å². The third-order valence-electron chi connectivity index (χ3n) is 8.16. The molecule has 1 fully saturated rings. The zero-order valence-corrected chi connectivity index (χ0v) is 21.5. The van der Waals surface area contributed by atoms with Gasteiger partial charge >= 0.3 is 12.1 Å². The van der Waals surface area contributed by atoms with E-state index in [1.165, 1.54) is 7.11 Å². The first-order chi connectivity index (χ1) is 17.9. The number of aliphatic hydroxyl groups excluding tert-OH is 1. The number of methoxy groups -OCH3 is 1. The second-order valence-corrected chi connectivity index (χ2v) is 10.4. The van der Waals surface area contributed by atoms with Crippen molar-refractivity contribution in [3.63, 3.8) is 0 Å². The van der Waals surface area contributed by atoms with E-state index in [0.29, 0.717) is 0 Å². The molecule has 8 heteroatoms. The number of carboxylic acids is 1. The molecule has 2 aliphatic rings. The lowest BCUT2D eigenvalue weighted by Crippen LogP contribution is -2.42. The molecule has 2 N–H and O–H groups in total. The maximum absolute atomic E-state index is 12.6. The number of hydrogen-bond acceptors (Lipinski definition) is 5. The van der Waals surface area contributed by atoms with Crippen molar-refractivity contribution < 1.29 is 24.5 Å². The summed E-state index contributed by atoms with van der Waals surface area (Å²) >= 11 is 0. The van der Waals surface area contributed by atoms with E-state index in [2.05, 4.69) is 4.57 Å². The van der Waals surface area contributed by atoms with Gasteiger partial charge in [0, 0.05) is 30.7 Å². The fourth-order valence-electron chi connectivity index (χ4n) is 6.25. The van der Waals surface area contributed by atoms with Gasteiger partial charge in [-0.1, -0.05) is 36.8 Å². The standard InChI is InChI=1S/C29H35N3O5/c1-18-11-12-22-24(31(18)29(36)37-2)13-14-25-27(22)30-26(32(25)21-10-6-7-19(15-21)17-33)16-23(28(34)35)20-8-4-3-5-9-20/h3-5,8-9,13-14,18-19,21,23,33H,6-7,10-12,15-17H2,1-2H3,(H,34,35)/t18-,19+,21-,23+/m0/s1. The van der Waals surface area contributed by atoms with Crippen LogP contribution in [0.5, 0.6) is 0 Å². The van der Waals surface area contributed by atoms with E-state index in [1.54, 1.807) is 4.90 Å². The summed E-state index contributed by atoms with van der Waals surface area (Å²) in [4.78, 5) is 31.8. The van der Waals surface area contributed by atoms with Crippen LogP contribution in [-0.4, -0.2) is 51.6 Å². The van der Waals surface area contributed by atoms with Crippen LogP contribution in [0.2, 0.25) is 0 Å². The van der Waals surface area contributed by atoms with Crippen LogP contribution in [0.25, 0.3) is 11.0 Å².